The number of rotatable bonds is 4. The van der Waals surface area contributed by atoms with Gasteiger partial charge < -0.3 is 19.5 Å². The number of carbonyl (C=O) groups excluding carboxylic acids is 2. The summed E-state index contributed by atoms with van der Waals surface area (Å²) in [6.07, 6.45) is 0.471. The first kappa shape index (κ1) is 19.7. The van der Waals surface area contributed by atoms with Gasteiger partial charge >= 0.3 is 5.97 Å². The van der Waals surface area contributed by atoms with Crippen LogP contribution in [0.3, 0.4) is 0 Å². The lowest BCUT2D eigenvalue weighted by Crippen LogP contribution is -2.49. The van der Waals surface area contributed by atoms with Crippen molar-refractivity contribution in [3.05, 3.63) is 29.3 Å². The van der Waals surface area contributed by atoms with Crippen molar-refractivity contribution in [1.29, 1.82) is 0 Å². The van der Waals surface area contributed by atoms with Crippen LogP contribution in [0.2, 0.25) is 0 Å². The number of nitrogens with one attached hydrogen (secondary N) is 1. The second kappa shape index (κ2) is 7.03. The minimum absolute atomic E-state index is 0.00606. The van der Waals surface area contributed by atoms with Crippen molar-refractivity contribution >= 4 is 27.6 Å². The minimum atomic E-state index is -3.34. The molecule has 1 saturated heterocycles. The molecule has 0 saturated carbocycles. The summed E-state index contributed by atoms with van der Waals surface area (Å²) in [4.78, 5) is 25.3. The standard InChI is InChI=1S/C19H22N2O7S/c1-3-29(24,25)21-8-6-19(7-9-21)16(12(2)18(23)28-19)17(22)20-13-4-5-14-15(10-13)27-11-26-14/h4-5,10H,3,6-9,11H2,1-2H3,(H,20,22). The van der Waals surface area contributed by atoms with E-state index in [9.17, 15) is 18.0 Å². The summed E-state index contributed by atoms with van der Waals surface area (Å²) < 4.78 is 41.9. The Bertz CT molecular complexity index is 1010. The number of hydrogen-bond acceptors (Lipinski definition) is 7. The summed E-state index contributed by atoms with van der Waals surface area (Å²) in [5, 5.41) is 2.79. The summed E-state index contributed by atoms with van der Waals surface area (Å²) in [6.45, 7) is 3.65. The van der Waals surface area contributed by atoms with Crippen LogP contribution in [-0.4, -0.2) is 55.8 Å². The first-order valence-corrected chi connectivity index (χ1v) is 11.0. The van der Waals surface area contributed by atoms with E-state index in [1.54, 1.807) is 32.0 Å². The molecule has 3 aliphatic rings. The van der Waals surface area contributed by atoms with Gasteiger partial charge in [0.05, 0.1) is 11.3 Å². The number of hydrogen-bond donors (Lipinski definition) is 1. The molecule has 29 heavy (non-hydrogen) atoms. The van der Waals surface area contributed by atoms with Gasteiger partial charge in [-0.3, -0.25) is 4.79 Å². The van der Waals surface area contributed by atoms with E-state index in [4.69, 9.17) is 14.2 Å². The summed E-state index contributed by atoms with van der Waals surface area (Å²) in [7, 11) is -3.34. The Morgan fingerprint density at radius 2 is 1.90 bits per heavy atom. The molecule has 3 aliphatic heterocycles. The highest BCUT2D eigenvalue weighted by Crippen LogP contribution is 2.42. The molecule has 4 rings (SSSR count). The molecule has 9 nitrogen and oxygen atoms in total. The first-order chi connectivity index (χ1) is 13.8. The lowest BCUT2D eigenvalue weighted by molar-refractivity contribution is -0.149. The van der Waals surface area contributed by atoms with Crippen LogP contribution in [0, 0.1) is 0 Å². The molecule has 0 aliphatic carbocycles. The average molecular weight is 422 g/mol. The van der Waals surface area contributed by atoms with Crippen LogP contribution in [0.1, 0.15) is 26.7 Å². The van der Waals surface area contributed by atoms with Crippen LogP contribution >= 0.6 is 0 Å². The summed E-state index contributed by atoms with van der Waals surface area (Å²) in [6, 6.07) is 5.03. The first-order valence-electron chi connectivity index (χ1n) is 9.39. The van der Waals surface area contributed by atoms with Gasteiger partial charge in [-0.2, -0.15) is 0 Å². The molecule has 1 fully saturated rings. The molecule has 0 aromatic heterocycles. The average Bonchev–Trinajstić information content (AvgIpc) is 3.24. The Morgan fingerprint density at radius 1 is 1.21 bits per heavy atom. The maximum atomic E-state index is 13.1. The number of benzene rings is 1. The van der Waals surface area contributed by atoms with Gasteiger partial charge in [-0.15, -0.1) is 0 Å². The van der Waals surface area contributed by atoms with E-state index >= 15 is 0 Å². The SMILES string of the molecule is CCS(=O)(=O)N1CCC2(CC1)OC(=O)C(C)=C2C(=O)Nc1ccc2c(c1)OCO2. The van der Waals surface area contributed by atoms with Crippen molar-refractivity contribution in [2.45, 2.75) is 32.3 Å². The third-order valence-corrected chi connectivity index (χ3v) is 7.45. The van der Waals surface area contributed by atoms with Crippen LogP contribution in [0.15, 0.2) is 29.3 Å². The largest absolute Gasteiger partial charge is 0.454 e. The molecule has 1 aromatic rings. The summed E-state index contributed by atoms with van der Waals surface area (Å²) >= 11 is 0. The number of anilines is 1. The molecular weight excluding hydrogens is 400 g/mol. The molecule has 1 N–H and O–H groups in total. The Morgan fingerprint density at radius 3 is 2.59 bits per heavy atom. The number of fused-ring (bicyclic) bond motifs is 1. The maximum absolute atomic E-state index is 13.1. The van der Waals surface area contributed by atoms with Crippen molar-refractivity contribution in [3.63, 3.8) is 0 Å². The van der Waals surface area contributed by atoms with Gasteiger partial charge in [0.25, 0.3) is 5.91 Å². The van der Waals surface area contributed by atoms with E-state index in [1.807, 2.05) is 0 Å². The highest BCUT2D eigenvalue weighted by atomic mass is 32.2. The third-order valence-electron chi connectivity index (χ3n) is 5.57. The number of amides is 1. The maximum Gasteiger partial charge on any atom is 0.335 e. The van der Waals surface area contributed by atoms with E-state index in [2.05, 4.69) is 5.32 Å². The lowest BCUT2D eigenvalue weighted by atomic mass is 9.83. The molecule has 0 radical (unpaired) electrons. The fourth-order valence-electron chi connectivity index (χ4n) is 3.95. The Labute approximate surface area is 168 Å². The number of carbonyl (C=O) groups is 2. The molecular formula is C19H22N2O7S. The fraction of sp³-hybridized carbons (Fsp3) is 0.474. The zero-order valence-corrected chi connectivity index (χ0v) is 17.0. The topological polar surface area (TPSA) is 111 Å². The monoisotopic (exact) mass is 422 g/mol. The van der Waals surface area contributed by atoms with Gasteiger partial charge in [-0.25, -0.2) is 17.5 Å². The number of nitrogens with zero attached hydrogens (tertiary/aromatic N) is 1. The van der Waals surface area contributed by atoms with Gasteiger partial charge in [-0.05, 0) is 26.0 Å². The number of sulfonamides is 1. The summed E-state index contributed by atoms with van der Waals surface area (Å²) in [5.41, 5.74) is -0.106. The molecule has 0 atom stereocenters. The van der Waals surface area contributed by atoms with Crippen LogP contribution in [0.25, 0.3) is 0 Å². The molecule has 3 heterocycles. The predicted molar refractivity (Wildman–Crippen MR) is 103 cm³/mol. The van der Waals surface area contributed by atoms with Gasteiger partial charge in [0, 0.05) is 43.3 Å². The van der Waals surface area contributed by atoms with Crippen molar-refractivity contribution in [2.24, 2.45) is 0 Å². The molecule has 1 aromatic carbocycles. The van der Waals surface area contributed by atoms with Crippen molar-refractivity contribution in [1.82, 2.24) is 4.31 Å². The minimum Gasteiger partial charge on any atom is -0.454 e. The van der Waals surface area contributed by atoms with Gasteiger partial charge in [0.15, 0.2) is 11.5 Å². The van der Waals surface area contributed by atoms with E-state index in [0.717, 1.165) is 0 Å². The fourth-order valence-corrected chi connectivity index (χ4v) is 5.06. The molecule has 1 spiro atoms. The zero-order valence-electron chi connectivity index (χ0n) is 16.2. The molecule has 0 unspecified atom stereocenters. The summed E-state index contributed by atoms with van der Waals surface area (Å²) in [5.74, 6) is 0.136. The Hall–Kier alpha value is -2.59. The smallest absolute Gasteiger partial charge is 0.335 e. The highest BCUT2D eigenvalue weighted by Gasteiger charge is 2.51. The Kier molecular flexibility index (Phi) is 4.78. The number of ether oxygens (including phenoxy) is 3. The van der Waals surface area contributed by atoms with Gasteiger partial charge in [0.2, 0.25) is 16.8 Å². The molecule has 0 bridgehead atoms. The predicted octanol–water partition coefficient (Wildman–Crippen LogP) is 1.41. The normalized spacial score (nSPS) is 20.8. The third kappa shape index (κ3) is 3.36. The van der Waals surface area contributed by atoms with Gasteiger partial charge in [0.1, 0.15) is 5.60 Å². The zero-order chi connectivity index (χ0) is 20.8. The highest BCUT2D eigenvalue weighted by molar-refractivity contribution is 7.89. The second-order valence-electron chi connectivity index (χ2n) is 7.21. The van der Waals surface area contributed by atoms with Crippen LogP contribution < -0.4 is 14.8 Å². The molecule has 10 heteroatoms. The number of esters is 1. The van der Waals surface area contributed by atoms with E-state index in [1.165, 1.54) is 4.31 Å². The van der Waals surface area contributed by atoms with Crippen molar-refractivity contribution < 1.29 is 32.2 Å². The Balaban J connectivity index is 1.56. The second-order valence-corrected chi connectivity index (χ2v) is 9.46. The molecule has 156 valence electrons. The van der Waals surface area contributed by atoms with E-state index in [0.29, 0.717) is 17.2 Å². The van der Waals surface area contributed by atoms with Crippen LogP contribution in [0.4, 0.5) is 5.69 Å². The van der Waals surface area contributed by atoms with Crippen LogP contribution in [0.5, 0.6) is 11.5 Å². The van der Waals surface area contributed by atoms with Crippen molar-refractivity contribution in [2.75, 3.05) is 31.0 Å². The van der Waals surface area contributed by atoms with E-state index in [-0.39, 0.29) is 49.6 Å². The van der Waals surface area contributed by atoms with E-state index < -0.39 is 27.5 Å². The lowest BCUT2D eigenvalue weighted by Gasteiger charge is -2.38. The quantitative estimate of drug-likeness (QED) is 0.730. The van der Waals surface area contributed by atoms with Crippen LogP contribution in [-0.2, 0) is 24.3 Å². The molecule has 1 amide bonds. The van der Waals surface area contributed by atoms with Gasteiger partial charge in [-0.1, -0.05) is 0 Å². The van der Waals surface area contributed by atoms with Crippen molar-refractivity contribution in [3.8, 4) is 11.5 Å². The number of piperidine rings is 1.